The molecule has 27 heavy (non-hydrogen) atoms. The molecule has 4 atom stereocenters. The number of anilines is 1. The van der Waals surface area contributed by atoms with Crippen LogP contribution in [0.5, 0.6) is 5.88 Å². The molecule has 0 aromatic carbocycles. The largest absolute Gasteiger partial charge is 0.479 e. The maximum absolute atomic E-state index is 9.60. The fraction of sp³-hybridized carbons (Fsp3) is 0.600. The van der Waals surface area contributed by atoms with Crippen molar-refractivity contribution < 1.29 is 24.1 Å². The van der Waals surface area contributed by atoms with Gasteiger partial charge in [-0.2, -0.15) is 9.97 Å². The standard InChI is InChI=1S/C15H17Cl2N5O5/c1-15(2)26-8-5(4-23)25-12(9(8)27-15)20-10-6-7(19-13(16)21-10)11(24-3)22-14(17)18-6/h5,8-9,12,23H,4H2,1-3H3,(H,19,20,21)/t5-,8-,9-,12-/m1/s1. The van der Waals surface area contributed by atoms with Crippen molar-refractivity contribution in [3.63, 3.8) is 0 Å². The van der Waals surface area contributed by atoms with Crippen molar-refractivity contribution in [3.05, 3.63) is 10.6 Å². The Morgan fingerprint density at radius 1 is 1.07 bits per heavy atom. The minimum atomic E-state index is -0.799. The van der Waals surface area contributed by atoms with Crippen LogP contribution in [0.15, 0.2) is 0 Å². The molecule has 0 bridgehead atoms. The number of rotatable bonds is 4. The normalized spacial score (nSPS) is 29.1. The highest BCUT2D eigenvalue weighted by Crippen LogP contribution is 2.39. The third-order valence-corrected chi connectivity index (χ3v) is 4.60. The number of ether oxygens (including phenoxy) is 4. The van der Waals surface area contributed by atoms with E-state index in [0.717, 1.165) is 0 Å². The van der Waals surface area contributed by atoms with Gasteiger partial charge in [0, 0.05) is 0 Å². The number of hydrogen-bond acceptors (Lipinski definition) is 10. The maximum atomic E-state index is 9.60. The van der Waals surface area contributed by atoms with Gasteiger partial charge >= 0.3 is 0 Å². The van der Waals surface area contributed by atoms with Crippen molar-refractivity contribution in [2.75, 3.05) is 19.0 Å². The van der Waals surface area contributed by atoms with Gasteiger partial charge < -0.3 is 29.4 Å². The topological polar surface area (TPSA) is 121 Å². The van der Waals surface area contributed by atoms with Crippen LogP contribution < -0.4 is 10.1 Å². The third-order valence-electron chi connectivity index (χ3n) is 4.26. The summed E-state index contributed by atoms with van der Waals surface area (Å²) in [7, 11) is 1.43. The first kappa shape index (κ1) is 18.8. The number of aromatic nitrogens is 4. The van der Waals surface area contributed by atoms with Crippen molar-refractivity contribution in [1.29, 1.82) is 0 Å². The molecule has 2 aliphatic rings. The van der Waals surface area contributed by atoms with Gasteiger partial charge in [-0.25, -0.2) is 9.97 Å². The van der Waals surface area contributed by atoms with Gasteiger partial charge in [-0.3, -0.25) is 0 Å². The minimum Gasteiger partial charge on any atom is -0.479 e. The maximum Gasteiger partial charge on any atom is 0.245 e. The summed E-state index contributed by atoms with van der Waals surface area (Å²) in [4.78, 5) is 16.4. The molecule has 12 heteroatoms. The Labute approximate surface area is 164 Å². The van der Waals surface area contributed by atoms with Crippen LogP contribution in [0.2, 0.25) is 10.6 Å². The van der Waals surface area contributed by atoms with Gasteiger partial charge in [0.1, 0.15) is 23.8 Å². The molecule has 0 spiro atoms. The zero-order valence-corrected chi connectivity index (χ0v) is 16.2. The SMILES string of the molecule is COc1nc(Cl)nc2c(N[C@@H]3O[C@H](CO)[C@H]4OC(C)(C)O[C@H]43)nc(Cl)nc12. The van der Waals surface area contributed by atoms with Crippen molar-refractivity contribution in [2.24, 2.45) is 0 Å². The first-order valence-electron chi connectivity index (χ1n) is 8.14. The molecule has 2 aromatic rings. The number of nitrogens with zero attached hydrogens (tertiary/aromatic N) is 4. The van der Waals surface area contributed by atoms with Gasteiger partial charge in [0.25, 0.3) is 0 Å². The summed E-state index contributed by atoms with van der Waals surface area (Å²) in [5, 5.41) is 12.6. The number of aliphatic hydroxyl groups excluding tert-OH is 1. The zero-order valence-electron chi connectivity index (χ0n) is 14.6. The van der Waals surface area contributed by atoms with Crippen LogP contribution in [0.4, 0.5) is 5.82 Å². The molecule has 0 radical (unpaired) electrons. The van der Waals surface area contributed by atoms with E-state index in [2.05, 4.69) is 25.3 Å². The Bertz CT molecular complexity index is 885. The summed E-state index contributed by atoms with van der Waals surface area (Å²) in [6.07, 6.45) is -2.12. The number of aliphatic hydroxyl groups is 1. The van der Waals surface area contributed by atoms with Crippen LogP contribution in [0.25, 0.3) is 11.0 Å². The summed E-state index contributed by atoms with van der Waals surface area (Å²) in [6.45, 7) is 3.38. The van der Waals surface area contributed by atoms with E-state index < -0.39 is 30.3 Å². The highest BCUT2D eigenvalue weighted by atomic mass is 35.5. The summed E-state index contributed by atoms with van der Waals surface area (Å²) in [5.41, 5.74) is 0.601. The fourth-order valence-corrected chi connectivity index (χ4v) is 3.59. The smallest absolute Gasteiger partial charge is 0.245 e. The van der Waals surface area contributed by atoms with Gasteiger partial charge in [-0.05, 0) is 37.0 Å². The van der Waals surface area contributed by atoms with Crippen molar-refractivity contribution in [2.45, 2.75) is 44.2 Å². The van der Waals surface area contributed by atoms with Gasteiger partial charge in [-0.15, -0.1) is 0 Å². The van der Waals surface area contributed by atoms with Crippen LogP contribution >= 0.6 is 23.2 Å². The second-order valence-corrected chi connectivity index (χ2v) is 7.20. The highest BCUT2D eigenvalue weighted by molar-refractivity contribution is 6.29. The molecule has 0 unspecified atom stereocenters. The van der Waals surface area contributed by atoms with E-state index in [1.54, 1.807) is 13.8 Å². The molecule has 10 nitrogen and oxygen atoms in total. The molecule has 2 N–H and O–H groups in total. The zero-order chi connectivity index (χ0) is 19.3. The Hall–Kier alpha value is -1.56. The average molecular weight is 418 g/mol. The van der Waals surface area contributed by atoms with E-state index in [0.29, 0.717) is 11.0 Å². The molecule has 2 fully saturated rings. The van der Waals surface area contributed by atoms with E-state index in [4.69, 9.17) is 42.1 Å². The molecule has 2 aromatic heterocycles. The molecule has 0 amide bonds. The first-order chi connectivity index (χ1) is 12.8. The Balaban J connectivity index is 1.72. The second kappa shape index (κ2) is 6.80. The van der Waals surface area contributed by atoms with Gasteiger partial charge in [0.2, 0.25) is 16.4 Å². The molecule has 146 valence electrons. The van der Waals surface area contributed by atoms with Crippen molar-refractivity contribution in [3.8, 4) is 5.88 Å². The van der Waals surface area contributed by atoms with E-state index in [-0.39, 0.29) is 28.9 Å². The summed E-state index contributed by atoms with van der Waals surface area (Å²) >= 11 is 12.0. The lowest BCUT2D eigenvalue weighted by Crippen LogP contribution is -2.35. The van der Waals surface area contributed by atoms with E-state index in [1.165, 1.54) is 7.11 Å². The lowest BCUT2D eigenvalue weighted by atomic mass is 10.1. The monoisotopic (exact) mass is 417 g/mol. The number of nitrogens with one attached hydrogen (secondary N) is 1. The molecule has 0 saturated carbocycles. The molecule has 2 aliphatic heterocycles. The number of fused-ring (bicyclic) bond motifs is 2. The quantitative estimate of drug-likeness (QED) is 0.705. The Kier molecular flexibility index (Phi) is 4.73. The minimum absolute atomic E-state index is 0.0339. The van der Waals surface area contributed by atoms with Crippen molar-refractivity contribution in [1.82, 2.24) is 19.9 Å². The second-order valence-electron chi connectivity index (χ2n) is 6.53. The van der Waals surface area contributed by atoms with E-state index in [1.807, 2.05) is 0 Å². The third kappa shape index (κ3) is 3.37. The fourth-order valence-electron chi connectivity index (χ4n) is 3.26. The summed E-state index contributed by atoms with van der Waals surface area (Å²) in [6, 6.07) is 0. The van der Waals surface area contributed by atoms with E-state index in [9.17, 15) is 5.11 Å². The highest BCUT2D eigenvalue weighted by Gasteiger charge is 2.55. The van der Waals surface area contributed by atoms with Crippen LogP contribution in [-0.4, -0.2) is 69.1 Å². The lowest BCUT2D eigenvalue weighted by molar-refractivity contribution is -0.187. The first-order valence-corrected chi connectivity index (χ1v) is 8.90. The van der Waals surface area contributed by atoms with E-state index >= 15 is 0 Å². The Morgan fingerprint density at radius 2 is 1.74 bits per heavy atom. The Morgan fingerprint density at radius 3 is 2.44 bits per heavy atom. The number of methoxy groups -OCH3 is 1. The van der Waals surface area contributed by atoms with Crippen molar-refractivity contribution >= 4 is 40.1 Å². The van der Waals surface area contributed by atoms with Crippen LogP contribution in [-0.2, 0) is 14.2 Å². The van der Waals surface area contributed by atoms with Gasteiger partial charge in [0.15, 0.2) is 23.3 Å². The molecule has 0 aliphatic carbocycles. The van der Waals surface area contributed by atoms with Crippen LogP contribution in [0.1, 0.15) is 13.8 Å². The number of halogens is 2. The average Bonchev–Trinajstić information content (AvgIpc) is 3.08. The van der Waals surface area contributed by atoms with Gasteiger partial charge in [0.05, 0.1) is 13.7 Å². The molecular formula is C15H17Cl2N5O5. The van der Waals surface area contributed by atoms with Crippen LogP contribution in [0.3, 0.4) is 0 Å². The van der Waals surface area contributed by atoms with Crippen LogP contribution in [0, 0.1) is 0 Å². The van der Waals surface area contributed by atoms with Gasteiger partial charge in [-0.1, -0.05) is 0 Å². The summed E-state index contributed by atoms with van der Waals surface area (Å²) in [5.74, 6) is -0.368. The lowest BCUT2D eigenvalue weighted by Gasteiger charge is -2.24. The predicted octanol–water partition coefficient (Wildman–Crippen LogP) is 1.38. The molecule has 2 saturated heterocycles. The molecule has 4 heterocycles. The molecule has 4 rings (SSSR count). The number of hydrogen-bond donors (Lipinski definition) is 2. The predicted molar refractivity (Wildman–Crippen MR) is 94.9 cm³/mol. The summed E-state index contributed by atoms with van der Waals surface area (Å²) < 4.78 is 22.8. The molecular weight excluding hydrogens is 401 g/mol.